The van der Waals surface area contributed by atoms with E-state index in [4.69, 9.17) is 16.7 Å². The monoisotopic (exact) mass is 413 g/mol. The second kappa shape index (κ2) is 7.56. The zero-order valence-electron chi connectivity index (χ0n) is 13.9. The second-order valence-electron chi connectivity index (χ2n) is 5.77. The summed E-state index contributed by atoms with van der Waals surface area (Å²) in [5.41, 5.74) is 2.21. The van der Waals surface area contributed by atoms with Gasteiger partial charge in [-0.2, -0.15) is 0 Å². The summed E-state index contributed by atoms with van der Waals surface area (Å²) in [4.78, 5) is 4.59. The molecule has 138 valence electrons. The molecule has 0 spiro atoms. The van der Waals surface area contributed by atoms with E-state index in [1.165, 1.54) is 36.0 Å². The Morgan fingerprint density at radius 2 is 2.04 bits per heavy atom. The quantitative estimate of drug-likeness (QED) is 0.615. The molecule has 0 radical (unpaired) electrons. The summed E-state index contributed by atoms with van der Waals surface area (Å²) in [5, 5.41) is 6.31. The normalized spacial score (nSPS) is 12.0. The minimum Gasteiger partial charge on any atom is -0.319 e. The molecule has 2 N–H and O–H groups in total. The summed E-state index contributed by atoms with van der Waals surface area (Å²) in [6.45, 7) is 2.79. The topological polar surface area (TPSA) is 78.0 Å². The fraction of sp³-hybridized carbons (Fsp3) is 0.235. The van der Waals surface area contributed by atoms with Crippen molar-refractivity contribution in [1.82, 2.24) is 9.55 Å². The van der Waals surface area contributed by atoms with Crippen LogP contribution in [0.15, 0.2) is 46.5 Å². The van der Waals surface area contributed by atoms with Crippen LogP contribution in [-0.2, 0) is 22.3 Å². The lowest BCUT2D eigenvalue weighted by Gasteiger charge is -2.08. The molecule has 3 rings (SSSR count). The number of thioether (sulfide) groups is 1. The van der Waals surface area contributed by atoms with Gasteiger partial charge in [0.25, 0.3) is 0 Å². The number of hydrogen-bond acceptors (Lipinski definition) is 4. The number of rotatable bonds is 6. The number of sulfonamides is 1. The van der Waals surface area contributed by atoms with Crippen molar-refractivity contribution >= 4 is 44.4 Å². The van der Waals surface area contributed by atoms with Crippen molar-refractivity contribution in [3.8, 4) is 0 Å². The van der Waals surface area contributed by atoms with Crippen LogP contribution in [0.5, 0.6) is 0 Å². The number of aromatic nitrogens is 2. The molecule has 3 aromatic rings. The lowest BCUT2D eigenvalue weighted by Crippen LogP contribution is -2.11. The average Bonchev–Trinajstić information content (AvgIpc) is 2.91. The van der Waals surface area contributed by atoms with Gasteiger partial charge in [0.05, 0.1) is 15.9 Å². The Hall–Kier alpha value is -1.61. The van der Waals surface area contributed by atoms with Crippen LogP contribution in [0, 0.1) is 5.82 Å². The molecular weight excluding hydrogens is 397 g/mol. The molecule has 1 heterocycles. The highest BCUT2D eigenvalue weighted by Gasteiger charge is 2.15. The maximum absolute atomic E-state index is 13.2. The van der Waals surface area contributed by atoms with Crippen LogP contribution < -0.4 is 5.14 Å². The van der Waals surface area contributed by atoms with Crippen molar-refractivity contribution in [2.75, 3.05) is 0 Å². The Morgan fingerprint density at radius 1 is 1.27 bits per heavy atom. The largest absolute Gasteiger partial charge is 0.319 e. The van der Waals surface area contributed by atoms with Gasteiger partial charge in [-0.3, -0.25) is 0 Å². The standard InChI is InChI=1S/C17H17ClFN3O2S2/c1-2-7-22-16-6-5-13(26(20,23)24)9-15(16)21-17(22)25-10-11-3-4-12(19)8-14(11)18/h3-6,8-9H,2,7,10H2,1H3,(H2,20,23,24). The predicted molar refractivity (Wildman–Crippen MR) is 102 cm³/mol. The molecule has 0 fully saturated rings. The van der Waals surface area contributed by atoms with Crippen molar-refractivity contribution in [1.29, 1.82) is 0 Å². The van der Waals surface area contributed by atoms with E-state index in [0.717, 1.165) is 29.2 Å². The van der Waals surface area contributed by atoms with Crippen molar-refractivity contribution in [3.05, 3.63) is 52.8 Å². The lowest BCUT2D eigenvalue weighted by molar-refractivity contribution is 0.598. The first-order valence-electron chi connectivity index (χ1n) is 7.89. The van der Waals surface area contributed by atoms with E-state index in [-0.39, 0.29) is 10.7 Å². The van der Waals surface area contributed by atoms with Crippen molar-refractivity contribution in [2.45, 2.75) is 35.7 Å². The summed E-state index contributed by atoms with van der Waals surface area (Å²) in [6.07, 6.45) is 0.896. The van der Waals surface area contributed by atoms with Crippen molar-refractivity contribution in [3.63, 3.8) is 0 Å². The van der Waals surface area contributed by atoms with Gasteiger partial charge in [-0.15, -0.1) is 0 Å². The van der Waals surface area contributed by atoms with Crippen LogP contribution in [0.3, 0.4) is 0 Å². The molecule has 0 atom stereocenters. The Morgan fingerprint density at radius 3 is 2.69 bits per heavy atom. The summed E-state index contributed by atoms with van der Waals surface area (Å²) < 4.78 is 38.3. The molecule has 0 aliphatic heterocycles. The molecule has 2 aromatic carbocycles. The fourth-order valence-corrected chi connectivity index (χ4v) is 4.49. The summed E-state index contributed by atoms with van der Waals surface area (Å²) in [5.74, 6) is 0.145. The highest BCUT2D eigenvalue weighted by molar-refractivity contribution is 7.98. The van der Waals surface area contributed by atoms with E-state index in [1.54, 1.807) is 12.1 Å². The predicted octanol–water partition coefficient (Wildman–Crippen LogP) is 4.18. The Labute approximate surface area is 160 Å². The van der Waals surface area contributed by atoms with Crippen molar-refractivity contribution < 1.29 is 12.8 Å². The highest BCUT2D eigenvalue weighted by Crippen LogP contribution is 2.30. The first kappa shape index (κ1) is 19.2. The van der Waals surface area contributed by atoms with E-state index >= 15 is 0 Å². The van der Waals surface area contributed by atoms with Gasteiger partial charge >= 0.3 is 0 Å². The number of hydrogen-bond donors (Lipinski definition) is 1. The lowest BCUT2D eigenvalue weighted by atomic mass is 10.2. The third-order valence-corrected chi connectivity index (χ3v) is 6.12. The SMILES string of the molecule is CCCn1c(SCc2ccc(F)cc2Cl)nc2cc(S(N)(=O)=O)ccc21. The van der Waals surface area contributed by atoms with Crippen LogP contribution in [0.25, 0.3) is 11.0 Å². The van der Waals surface area contributed by atoms with Gasteiger partial charge < -0.3 is 4.57 Å². The van der Waals surface area contributed by atoms with Crippen molar-refractivity contribution in [2.24, 2.45) is 5.14 Å². The number of fused-ring (bicyclic) bond motifs is 1. The van der Waals surface area contributed by atoms with Gasteiger partial charge in [-0.25, -0.2) is 22.9 Å². The maximum Gasteiger partial charge on any atom is 0.238 e. The minimum absolute atomic E-state index is 0.0317. The van der Waals surface area contributed by atoms with Crippen LogP contribution in [0.2, 0.25) is 5.02 Å². The molecule has 0 saturated heterocycles. The molecule has 26 heavy (non-hydrogen) atoms. The smallest absolute Gasteiger partial charge is 0.238 e. The first-order chi connectivity index (χ1) is 12.3. The zero-order valence-corrected chi connectivity index (χ0v) is 16.3. The minimum atomic E-state index is -3.78. The van der Waals surface area contributed by atoms with E-state index in [9.17, 15) is 12.8 Å². The summed E-state index contributed by atoms with van der Waals surface area (Å²) in [6, 6.07) is 8.98. The number of imidazole rings is 1. The van der Waals surface area contributed by atoms with Gasteiger partial charge in [0.2, 0.25) is 10.0 Å². The Bertz CT molecular complexity index is 1070. The number of nitrogens with two attached hydrogens (primary N) is 1. The Kier molecular flexibility index (Phi) is 5.57. The van der Waals surface area contributed by atoms with Gasteiger partial charge in [-0.05, 0) is 42.3 Å². The fourth-order valence-electron chi connectivity index (χ4n) is 2.60. The van der Waals surface area contributed by atoms with Gasteiger partial charge in [-0.1, -0.05) is 36.4 Å². The average molecular weight is 414 g/mol. The van der Waals surface area contributed by atoms with Gasteiger partial charge in [0.1, 0.15) is 5.82 Å². The summed E-state index contributed by atoms with van der Waals surface area (Å²) >= 11 is 7.55. The number of primary sulfonamides is 1. The number of nitrogens with zero attached hydrogens (tertiary/aromatic N) is 2. The molecule has 1 aromatic heterocycles. The molecule has 0 aliphatic carbocycles. The summed E-state index contributed by atoms with van der Waals surface area (Å²) in [7, 11) is -3.78. The van der Waals surface area contributed by atoms with E-state index in [1.807, 2.05) is 4.57 Å². The van der Waals surface area contributed by atoms with Gasteiger partial charge in [0, 0.05) is 17.3 Å². The van der Waals surface area contributed by atoms with Crippen LogP contribution in [0.1, 0.15) is 18.9 Å². The maximum atomic E-state index is 13.2. The highest BCUT2D eigenvalue weighted by atomic mass is 35.5. The van der Waals surface area contributed by atoms with Crippen LogP contribution in [0.4, 0.5) is 4.39 Å². The molecular formula is C17H17ClFN3O2S2. The van der Waals surface area contributed by atoms with Gasteiger partial charge in [0.15, 0.2) is 5.16 Å². The van der Waals surface area contributed by atoms with Crippen LogP contribution >= 0.6 is 23.4 Å². The number of benzene rings is 2. The van der Waals surface area contributed by atoms with E-state index in [0.29, 0.717) is 16.3 Å². The molecule has 0 saturated carbocycles. The Balaban J connectivity index is 1.97. The molecule has 0 unspecified atom stereocenters. The zero-order chi connectivity index (χ0) is 18.9. The number of aryl methyl sites for hydroxylation is 1. The molecule has 5 nitrogen and oxygen atoms in total. The molecule has 0 aliphatic rings. The number of halogens is 2. The third kappa shape index (κ3) is 4.03. The first-order valence-corrected chi connectivity index (χ1v) is 10.8. The molecule has 0 bridgehead atoms. The second-order valence-corrected chi connectivity index (χ2v) is 8.68. The van der Waals surface area contributed by atoms with E-state index in [2.05, 4.69) is 11.9 Å². The molecule has 0 amide bonds. The van der Waals surface area contributed by atoms with E-state index < -0.39 is 10.0 Å². The molecule has 9 heteroatoms. The third-order valence-electron chi connectivity index (χ3n) is 3.83. The van der Waals surface area contributed by atoms with Crippen LogP contribution in [-0.4, -0.2) is 18.0 Å².